The summed E-state index contributed by atoms with van der Waals surface area (Å²) in [6.07, 6.45) is 1.43. The van der Waals surface area contributed by atoms with Gasteiger partial charge in [-0.3, -0.25) is 0 Å². The Morgan fingerprint density at radius 3 is 2.67 bits per heavy atom. The lowest BCUT2D eigenvalue weighted by Crippen LogP contribution is -1.99. The molecule has 0 saturated carbocycles. The lowest BCUT2D eigenvalue weighted by atomic mass is 10.0. The van der Waals surface area contributed by atoms with Crippen molar-refractivity contribution in [3.8, 4) is 17.2 Å². The molecular formula is C12H6Cl2N2O2. The number of carboxylic acid groups (broad SMARTS) is 1. The third-order valence-corrected chi connectivity index (χ3v) is 3.27. The third kappa shape index (κ3) is 1.94. The molecule has 1 aromatic heterocycles. The van der Waals surface area contributed by atoms with Gasteiger partial charge in [-0.2, -0.15) is 5.26 Å². The van der Waals surface area contributed by atoms with Gasteiger partial charge in [0.25, 0.3) is 0 Å². The lowest BCUT2D eigenvalue weighted by Gasteiger charge is -2.04. The van der Waals surface area contributed by atoms with Gasteiger partial charge in [-0.05, 0) is 6.07 Å². The van der Waals surface area contributed by atoms with Crippen LogP contribution in [-0.2, 0) is 0 Å². The van der Waals surface area contributed by atoms with E-state index in [1.54, 1.807) is 18.2 Å². The molecule has 90 valence electrons. The number of nitrogens with zero attached hydrogens (tertiary/aromatic N) is 1. The summed E-state index contributed by atoms with van der Waals surface area (Å²) in [5.74, 6) is -1.20. The van der Waals surface area contributed by atoms with E-state index in [9.17, 15) is 4.79 Å². The van der Waals surface area contributed by atoms with Crippen LogP contribution in [0.25, 0.3) is 11.1 Å². The van der Waals surface area contributed by atoms with Crippen LogP contribution in [0, 0.1) is 11.3 Å². The van der Waals surface area contributed by atoms with Gasteiger partial charge in [-0.1, -0.05) is 35.3 Å². The number of aromatic amines is 1. The number of aromatic nitrogens is 1. The monoisotopic (exact) mass is 280 g/mol. The second-order valence-corrected chi connectivity index (χ2v) is 4.26. The number of rotatable bonds is 2. The van der Waals surface area contributed by atoms with E-state index in [4.69, 9.17) is 33.6 Å². The molecule has 0 unspecified atom stereocenters. The highest BCUT2D eigenvalue weighted by Crippen LogP contribution is 2.35. The zero-order valence-corrected chi connectivity index (χ0v) is 10.4. The van der Waals surface area contributed by atoms with E-state index in [0.717, 1.165) is 0 Å². The maximum absolute atomic E-state index is 10.9. The summed E-state index contributed by atoms with van der Waals surface area (Å²) < 4.78 is 0. The summed E-state index contributed by atoms with van der Waals surface area (Å²) in [4.78, 5) is 13.5. The number of halogens is 2. The van der Waals surface area contributed by atoms with E-state index in [1.165, 1.54) is 6.20 Å². The van der Waals surface area contributed by atoms with E-state index in [0.29, 0.717) is 16.1 Å². The Hall–Kier alpha value is -1.96. The van der Waals surface area contributed by atoms with Crippen molar-refractivity contribution in [2.24, 2.45) is 0 Å². The maximum Gasteiger partial charge on any atom is 0.353 e. The van der Waals surface area contributed by atoms with Crippen LogP contribution in [0.15, 0.2) is 24.4 Å². The molecule has 2 rings (SSSR count). The van der Waals surface area contributed by atoms with Gasteiger partial charge in [0.05, 0.1) is 15.6 Å². The third-order valence-electron chi connectivity index (χ3n) is 2.45. The van der Waals surface area contributed by atoms with Gasteiger partial charge in [0.15, 0.2) is 0 Å². The van der Waals surface area contributed by atoms with Crippen molar-refractivity contribution in [3.63, 3.8) is 0 Å². The molecule has 0 bridgehead atoms. The Labute approximate surface area is 112 Å². The highest BCUT2D eigenvalue weighted by Gasteiger charge is 2.19. The zero-order chi connectivity index (χ0) is 13.3. The summed E-state index contributed by atoms with van der Waals surface area (Å²) in [6.45, 7) is 0. The van der Waals surface area contributed by atoms with Gasteiger partial charge in [-0.15, -0.1) is 0 Å². The van der Waals surface area contributed by atoms with Crippen LogP contribution in [0.5, 0.6) is 0 Å². The fourth-order valence-electron chi connectivity index (χ4n) is 1.63. The van der Waals surface area contributed by atoms with Crippen molar-refractivity contribution < 1.29 is 9.90 Å². The van der Waals surface area contributed by atoms with Gasteiger partial charge in [0.1, 0.15) is 11.8 Å². The molecule has 0 aliphatic heterocycles. The predicted molar refractivity (Wildman–Crippen MR) is 67.9 cm³/mol. The van der Waals surface area contributed by atoms with Gasteiger partial charge >= 0.3 is 5.97 Å². The van der Waals surface area contributed by atoms with E-state index in [1.807, 2.05) is 6.07 Å². The van der Waals surface area contributed by atoms with Crippen LogP contribution in [0.4, 0.5) is 0 Å². The SMILES string of the molecule is N#Cc1c(-c2cccc(Cl)c2Cl)c[nH]c1C(=O)O. The molecular weight excluding hydrogens is 275 g/mol. The normalized spacial score (nSPS) is 10.1. The number of nitrogens with one attached hydrogen (secondary N) is 1. The van der Waals surface area contributed by atoms with Crippen LogP contribution in [-0.4, -0.2) is 16.1 Å². The standard InChI is InChI=1S/C12H6Cl2N2O2/c13-9-3-1-2-6(10(9)14)8-5-16-11(12(17)18)7(8)4-15/h1-3,5,16H,(H,17,18). The summed E-state index contributed by atoms with van der Waals surface area (Å²) in [5, 5.41) is 18.6. The Morgan fingerprint density at radius 1 is 1.33 bits per heavy atom. The number of carboxylic acids is 1. The molecule has 0 amide bonds. The minimum Gasteiger partial charge on any atom is -0.477 e. The molecule has 1 heterocycles. The maximum atomic E-state index is 10.9. The molecule has 2 N–H and O–H groups in total. The average Bonchev–Trinajstić information content (AvgIpc) is 2.76. The lowest BCUT2D eigenvalue weighted by molar-refractivity contribution is 0.0691. The second-order valence-electron chi connectivity index (χ2n) is 3.47. The topological polar surface area (TPSA) is 76.9 Å². The Kier molecular flexibility index (Phi) is 3.28. The minimum absolute atomic E-state index is 0.0340. The Balaban J connectivity index is 2.70. The van der Waals surface area contributed by atoms with Crippen LogP contribution in [0.3, 0.4) is 0 Å². The number of carbonyl (C=O) groups is 1. The molecule has 0 saturated heterocycles. The zero-order valence-electron chi connectivity index (χ0n) is 8.87. The largest absolute Gasteiger partial charge is 0.477 e. The van der Waals surface area contributed by atoms with Crippen molar-refractivity contribution in [2.75, 3.05) is 0 Å². The van der Waals surface area contributed by atoms with Gasteiger partial charge < -0.3 is 10.1 Å². The first-order valence-corrected chi connectivity index (χ1v) is 5.61. The molecule has 0 fully saturated rings. The van der Waals surface area contributed by atoms with Crippen molar-refractivity contribution in [1.82, 2.24) is 4.98 Å². The fourth-order valence-corrected chi connectivity index (χ4v) is 2.03. The quantitative estimate of drug-likeness (QED) is 0.883. The summed E-state index contributed by atoms with van der Waals surface area (Å²) in [7, 11) is 0. The number of aromatic carboxylic acids is 1. The molecule has 6 heteroatoms. The smallest absolute Gasteiger partial charge is 0.353 e. The predicted octanol–water partition coefficient (Wildman–Crippen LogP) is 3.56. The number of hydrogen-bond donors (Lipinski definition) is 2. The van der Waals surface area contributed by atoms with Crippen molar-refractivity contribution in [1.29, 1.82) is 5.26 Å². The van der Waals surface area contributed by atoms with Crippen molar-refractivity contribution >= 4 is 29.2 Å². The molecule has 1 aromatic carbocycles. The fraction of sp³-hybridized carbons (Fsp3) is 0. The van der Waals surface area contributed by atoms with Crippen molar-refractivity contribution in [3.05, 3.63) is 45.7 Å². The van der Waals surface area contributed by atoms with E-state index >= 15 is 0 Å². The van der Waals surface area contributed by atoms with Crippen molar-refractivity contribution in [2.45, 2.75) is 0 Å². The minimum atomic E-state index is -1.20. The highest BCUT2D eigenvalue weighted by molar-refractivity contribution is 6.43. The number of nitriles is 1. The first-order valence-electron chi connectivity index (χ1n) is 4.85. The average molecular weight is 281 g/mol. The summed E-state index contributed by atoms with van der Waals surface area (Å²) in [6, 6.07) is 6.82. The van der Waals surface area contributed by atoms with Gasteiger partial charge in [-0.25, -0.2) is 4.79 Å². The molecule has 4 nitrogen and oxygen atoms in total. The van der Waals surface area contributed by atoms with Crippen LogP contribution < -0.4 is 0 Å². The molecule has 0 spiro atoms. The van der Waals surface area contributed by atoms with Gasteiger partial charge in [0, 0.05) is 17.3 Å². The van der Waals surface area contributed by atoms with E-state index in [2.05, 4.69) is 4.98 Å². The van der Waals surface area contributed by atoms with Crippen LogP contribution >= 0.6 is 23.2 Å². The van der Waals surface area contributed by atoms with Crippen LogP contribution in [0.2, 0.25) is 10.0 Å². The van der Waals surface area contributed by atoms with E-state index < -0.39 is 5.97 Å². The first-order chi connectivity index (χ1) is 8.56. The molecule has 2 aromatic rings. The molecule has 0 aliphatic carbocycles. The summed E-state index contributed by atoms with van der Waals surface area (Å²) in [5.41, 5.74) is 0.807. The molecule has 0 atom stereocenters. The second kappa shape index (κ2) is 4.73. The highest BCUT2D eigenvalue weighted by atomic mass is 35.5. The Morgan fingerprint density at radius 2 is 2.06 bits per heavy atom. The first kappa shape index (κ1) is 12.5. The number of benzene rings is 1. The molecule has 0 aliphatic rings. The van der Waals surface area contributed by atoms with Crippen LogP contribution in [0.1, 0.15) is 16.1 Å². The molecule has 0 radical (unpaired) electrons. The Bertz CT molecular complexity index is 671. The summed E-state index contributed by atoms with van der Waals surface area (Å²) >= 11 is 11.9. The number of H-pyrrole nitrogens is 1. The van der Waals surface area contributed by atoms with E-state index in [-0.39, 0.29) is 16.3 Å². The molecule has 18 heavy (non-hydrogen) atoms. The van der Waals surface area contributed by atoms with Gasteiger partial charge in [0.2, 0.25) is 0 Å². The number of hydrogen-bond acceptors (Lipinski definition) is 2.